The number of phenolic OH excluding ortho intramolecular Hbond substituents is 1. The SMILES string of the molecule is Cc1cc(Cl)ccc1NCc1nnc(SCC(=O)NN=Cc2cc(Cl)cc([N+](=O)[O-])c2O)n1-c1ccccc1. The Balaban J connectivity index is 1.45. The number of hydrogen-bond acceptors (Lipinski definition) is 9. The monoisotopic (exact) mass is 585 g/mol. The van der Waals surface area contributed by atoms with Crippen LogP contribution in [0.15, 0.2) is 70.9 Å². The predicted octanol–water partition coefficient (Wildman–Crippen LogP) is 5.35. The van der Waals surface area contributed by atoms with E-state index >= 15 is 0 Å². The summed E-state index contributed by atoms with van der Waals surface area (Å²) in [5.41, 5.74) is 4.46. The van der Waals surface area contributed by atoms with Gasteiger partial charge in [0, 0.05) is 33.0 Å². The number of phenols is 1. The number of halogens is 2. The van der Waals surface area contributed by atoms with Crippen molar-refractivity contribution in [1.29, 1.82) is 0 Å². The first-order valence-corrected chi connectivity index (χ1v) is 13.1. The maximum atomic E-state index is 12.4. The van der Waals surface area contributed by atoms with E-state index in [1.807, 2.05) is 54.0 Å². The average Bonchev–Trinajstić information content (AvgIpc) is 3.31. The van der Waals surface area contributed by atoms with Crippen LogP contribution in [0.3, 0.4) is 0 Å². The Kier molecular flexibility index (Phi) is 9.02. The van der Waals surface area contributed by atoms with E-state index in [1.54, 1.807) is 6.07 Å². The summed E-state index contributed by atoms with van der Waals surface area (Å²) in [6.45, 7) is 2.32. The molecule has 0 aliphatic carbocycles. The smallest absolute Gasteiger partial charge is 0.312 e. The maximum Gasteiger partial charge on any atom is 0.312 e. The Hall–Kier alpha value is -4.13. The standard InChI is InChI=1S/C25H21Cl2N7O4S/c1-15-9-17(26)7-8-20(15)28-13-22-30-32-25(33(22)19-5-3-2-4-6-19)39-14-23(35)31-29-12-16-10-18(27)11-21(24(16)36)34(37)38/h2-12,28,36H,13-14H2,1H3,(H,31,35). The summed E-state index contributed by atoms with van der Waals surface area (Å²) in [7, 11) is 0. The first-order valence-electron chi connectivity index (χ1n) is 11.3. The Labute approximate surface area is 237 Å². The van der Waals surface area contributed by atoms with E-state index in [4.69, 9.17) is 23.2 Å². The molecule has 0 atom stereocenters. The number of nitro groups is 1. The number of aromatic hydroxyl groups is 1. The average molecular weight is 586 g/mol. The number of nitrogens with zero attached hydrogens (tertiary/aromatic N) is 5. The number of anilines is 1. The van der Waals surface area contributed by atoms with Crippen LogP contribution in [0.2, 0.25) is 10.0 Å². The summed E-state index contributed by atoms with van der Waals surface area (Å²) in [5.74, 6) is -0.489. The van der Waals surface area contributed by atoms with Crippen molar-refractivity contribution in [3.05, 3.63) is 97.8 Å². The molecule has 4 rings (SSSR count). The van der Waals surface area contributed by atoms with Gasteiger partial charge < -0.3 is 10.4 Å². The summed E-state index contributed by atoms with van der Waals surface area (Å²) in [6.07, 6.45) is 1.08. The van der Waals surface area contributed by atoms with Crippen molar-refractivity contribution in [2.75, 3.05) is 11.1 Å². The van der Waals surface area contributed by atoms with E-state index < -0.39 is 22.3 Å². The Morgan fingerprint density at radius 2 is 1.92 bits per heavy atom. The van der Waals surface area contributed by atoms with Crippen LogP contribution < -0.4 is 10.7 Å². The number of carbonyl (C=O) groups is 1. The topological polar surface area (TPSA) is 148 Å². The van der Waals surface area contributed by atoms with Crippen LogP contribution in [0.4, 0.5) is 11.4 Å². The number of nitrogens with one attached hydrogen (secondary N) is 2. The van der Waals surface area contributed by atoms with E-state index in [0.29, 0.717) is 22.5 Å². The first kappa shape index (κ1) is 27.9. The number of amides is 1. The Bertz CT molecular complexity index is 1550. The lowest BCUT2D eigenvalue weighted by Gasteiger charge is -2.12. The molecular weight excluding hydrogens is 565 g/mol. The second-order valence-electron chi connectivity index (χ2n) is 8.08. The van der Waals surface area contributed by atoms with Gasteiger partial charge >= 0.3 is 5.69 Å². The van der Waals surface area contributed by atoms with Gasteiger partial charge in [0.1, 0.15) is 0 Å². The number of thioether (sulfide) groups is 1. The number of para-hydroxylation sites is 1. The van der Waals surface area contributed by atoms with E-state index in [0.717, 1.165) is 41.0 Å². The Morgan fingerprint density at radius 1 is 1.15 bits per heavy atom. The second-order valence-corrected chi connectivity index (χ2v) is 9.90. The third kappa shape index (κ3) is 7.05. The number of aromatic nitrogens is 3. The third-order valence-corrected chi connectivity index (χ3v) is 6.73. The predicted molar refractivity (Wildman–Crippen MR) is 151 cm³/mol. The molecule has 0 fully saturated rings. The van der Waals surface area contributed by atoms with Gasteiger partial charge in [-0.2, -0.15) is 5.10 Å². The van der Waals surface area contributed by atoms with E-state index in [9.17, 15) is 20.0 Å². The Morgan fingerprint density at radius 3 is 2.64 bits per heavy atom. The highest BCUT2D eigenvalue weighted by Crippen LogP contribution is 2.32. The van der Waals surface area contributed by atoms with Gasteiger partial charge in [0.05, 0.1) is 23.4 Å². The van der Waals surface area contributed by atoms with Crippen molar-refractivity contribution in [3.63, 3.8) is 0 Å². The van der Waals surface area contributed by atoms with Gasteiger partial charge in [-0.1, -0.05) is 53.2 Å². The minimum atomic E-state index is -0.767. The number of rotatable bonds is 10. The minimum absolute atomic E-state index is 0.0148. The van der Waals surface area contributed by atoms with Gasteiger partial charge in [-0.05, 0) is 48.9 Å². The van der Waals surface area contributed by atoms with Crippen molar-refractivity contribution in [1.82, 2.24) is 20.2 Å². The molecule has 0 spiro atoms. The van der Waals surface area contributed by atoms with Gasteiger partial charge in [0.15, 0.2) is 11.0 Å². The molecule has 1 aromatic heterocycles. The van der Waals surface area contributed by atoms with Crippen LogP contribution in [0, 0.1) is 17.0 Å². The van der Waals surface area contributed by atoms with Crippen LogP contribution in [-0.2, 0) is 11.3 Å². The normalized spacial score (nSPS) is 11.1. The van der Waals surface area contributed by atoms with Gasteiger partial charge in [0.25, 0.3) is 5.91 Å². The highest BCUT2D eigenvalue weighted by molar-refractivity contribution is 7.99. The van der Waals surface area contributed by atoms with E-state index in [-0.39, 0.29) is 16.3 Å². The lowest BCUT2D eigenvalue weighted by molar-refractivity contribution is -0.385. The molecule has 0 saturated heterocycles. The zero-order valence-electron chi connectivity index (χ0n) is 20.3. The van der Waals surface area contributed by atoms with Crippen LogP contribution in [0.25, 0.3) is 5.69 Å². The molecular formula is C25H21Cl2N7O4S. The van der Waals surface area contributed by atoms with Crippen molar-refractivity contribution >= 4 is 58.5 Å². The van der Waals surface area contributed by atoms with E-state index in [1.165, 1.54) is 6.07 Å². The molecule has 0 aliphatic rings. The molecule has 200 valence electrons. The molecule has 0 aliphatic heterocycles. The fourth-order valence-corrected chi connectivity index (χ4v) is 4.73. The molecule has 3 aromatic carbocycles. The van der Waals surface area contributed by atoms with Gasteiger partial charge in [0.2, 0.25) is 5.75 Å². The molecule has 3 N–H and O–H groups in total. The van der Waals surface area contributed by atoms with E-state index in [2.05, 4.69) is 26.0 Å². The van der Waals surface area contributed by atoms with Crippen molar-refractivity contribution in [3.8, 4) is 11.4 Å². The fraction of sp³-hybridized carbons (Fsp3) is 0.120. The molecule has 14 heteroatoms. The number of benzene rings is 3. The minimum Gasteiger partial charge on any atom is -0.502 e. The molecule has 39 heavy (non-hydrogen) atoms. The van der Waals surface area contributed by atoms with Crippen molar-refractivity contribution in [2.24, 2.45) is 5.10 Å². The third-order valence-electron chi connectivity index (χ3n) is 5.35. The zero-order chi connectivity index (χ0) is 27.9. The summed E-state index contributed by atoms with van der Waals surface area (Å²) in [6, 6.07) is 17.4. The molecule has 4 aromatic rings. The summed E-state index contributed by atoms with van der Waals surface area (Å²) in [5, 5.41) is 38.0. The number of nitro benzene ring substituents is 1. The largest absolute Gasteiger partial charge is 0.502 e. The summed E-state index contributed by atoms with van der Waals surface area (Å²) >= 11 is 13.1. The number of carbonyl (C=O) groups excluding carboxylic acids is 1. The lowest BCUT2D eigenvalue weighted by Crippen LogP contribution is -2.20. The molecule has 0 bridgehead atoms. The highest BCUT2D eigenvalue weighted by atomic mass is 35.5. The van der Waals surface area contributed by atoms with Crippen LogP contribution >= 0.6 is 35.0 Å². The molecule has 0 saturated carbocycles. The number of hydrazone groups is 1. The number of aryl methyl sites for hydroxylation is 1. The molecule has 0 unspecified atom stereocenters. The first-order chi connectivity index (χ1) is 18.7. The zero-order valence-corrected chi connectivity index (χ0v) is 22.7. The van der Waals surface area contributed by atoms with Crippen molar-refractivity contribution < 1.29 is 14.8 Å². The molecule has 1 amide bonds. The van der Waals surface area contributed by atoms with Crippen LogP contribution in [0.1, 0.15) is 17.0 Å². The maximum absolute atomic E-state index is 12.4. The van der Waals surface area contributed by atoms with Gasteiger partial charge in [-0.25, -0.2) is 5.43 Å². The number of hydrogen-bond donors (Lipinski definition) is 3. The van der Waals surface area contributed by atoms with Crippen LogP contribution in [-0.4, -0.2) is 42.7 Å². The van der Waals surface area contributed by atoms with Gasteiger partial charge in [-0.3, -0.25) is 19.5 Å². The second kappa shape index (κ2) is 12.6. The quantitative estimate of drug-likeness (QED) is 0.0975. The molecule has 11 nitrogen and oxygen atoms in total. The van der Waals surface area contributed by atoms with Gasteiger partial charge in [-0.15, -0.1) is 10.2 Å². The lowest BCUT2D eigenvalue weighted by atomic mass is 10.2. The molecule has 0 radical (unpaired) electrons. The van der Waals surface area contributed by atoms with Crippen molar-refractivity contribution in [2.45, 2.75) is 18.6 Å². The highest BCUT2D eigenvalue weighted by Gasteiger charge is 2.18. The fourth-order valence-electron chi connectivity index (χ4n) is 3.52. The molecule has 1 heterocycles. The summed E-state index contributed by atoms with van der Waals surface area (Å²) < 4.78 is 1.85. The van der Waals surface area contributed by atoms with Crippen LogP contribution in [0.5, 0.6) is 5.75 Å². The summed E-state index contributed by atoms with van der Waals surface area (Å²) in [4.78, 5) is 22.7.